The Morgan fingerprint density at radius 3 is 2.74 bits per heavy atom. The number of piperidine rings is 1. The van der Waals surface area contributed by atoms with E-state index >= 15 is 0 Å². The van der Waals surface area contributed by atoms with Gasteiger partial charge in [0.15, 0.2) is 0 Å². The van der Waals surface area contributed by atoms with E-state index in [1.165, 1.54) is 31.4 Å². The third kappa shape index (κ3) is 3.78. The van der Waals surface area contributed by atoms with E-state index in [2.05, 4.69) is 27.1 Å². The molecule has 0 spiro atoms. The molecule has 1 aromatic carbocycles. The Kier molecular flexibility index (Phi) is 4.74. The van der Waals surface area contributed by atoms with E-state index in [1.54, 1.807) is 12.1 Å². The van der Waals surface area contributed by atoms with Crippen LogP contribution in [0.25, 0.3) is 0 Å². The summed E-state index contributed by atoms with van der Waals surface area (Å²) in [5.41, 5.74) is 0.820. The fourth-order valence-corrected chi connectivity index (χ4v) is 3.17. The van der Waals surface area contributed by atoms with Crippen LogP contribution < -0.4 is 10.2 Å². The minimum atomic E-state index is -0.241. The Balaban J connectivity index is 1.85. The SMILES string of the molecule is CCC1CCCCN1c1cc(Nc2ccc(F)cc2)nc(C)n1. The lowest BCUT2D eigenvalue weighted by Crippen LogP contribution is -2.39. The maximum Gasteiger partial charge on any atom is 0.136 e. The molecule has 23 heavy (non-hydrogen) atoms. The van der Waals surface area contributed by atoms with Crippen molar-refractivity contribution in [2.45, 2.75) is 45.6 Å². The fraction of sp³-hybridized carbons (Fsp3) is 0.444. The first kappa shape index (κ1) is 15.7. The van der Waals surface area contributed by atoms with Gasteiger partial charge in [-0.05, 0) is 56.9 Å². The summed E-state index contributed by atoms with van der Waals surface area (Å²) < 4.78 is 13.0. The maximum atomic E-state index is 13.0. The number of rotatable bonds is 4. The van der Waals surface area contributed by atoms with Crippen molar-refractivity contribution in [2.75, 3.05) is 16.8 Å². The normalized spacial score (nSPS) is 18.0. The molecule has 0 amide bonds. The minimum absolute atomic E-state index is 0.241. The second-order valence-corrected chi connectivity index (χ2v) is 6.04. The second kappa shape index (κ2) is 6.94. The zero-order valence-corrected chi connectivity index (χ0v) is 13.7. The smallest absolute Gasteiger partial charge is 0.136 e. The molecule has 0 radical (unpaired) electrons. The van der Waals surface area contributed by atoms with Crippen molar-refractivity contribution >= 4 is 17.3 Å². The van der Waals surface area contributed by atoms with Crippen LogP contribution in [-0.4, -0.2) is 22.6 Å². The highest BCUT2D eigenvalue weighted by atomic mass is 19.1. The van der Waals surface area contributed by atoms with Crippen LogP contribution in [0.4, 0.5) is 21.7 Å². The molecule has 1 aromatic heterocycles. The van der Waals surface area contributed by atoms with Gasteiger partial charge in [0.2, 0.25) is 0 Å². The molecule has 1 aliphatic rings. The first-order valence-electron chi connectivity index (χ1n) is 8.30. The first-order valence-corrected chi connectivity index (χ1v) is 8.30. The second-order valence-electron chi connectivity index (χ2n) is 6.04. The largest absolute Gasteiger partial charge is 0.353 e. The Morgan fingerprint density at radius 1 is 1.22 bits per heavy atom. The molecule has 2 aromatic rings. The molecule has 0 aliphatic carbocycles. The number of hydrogen-bond donors (Lipinski definition) is 1. The van der Waals surface area contributed by atoms with Gasteiger partial charge in [0.25, 0.3) is 0 Å². The standard InChI is InChI=1S/C18H23FN4/c1-3-16-6-4-5-11-23(16)18-12-17(20-13(2)21-18)22-15-9-7-14(19)8-10-15/h7-10,12,16H,3-6,11H2,1-2H3,(H,20,21,22). The highest BCUT2D eigenvalue weighted by Gasteiger charge is 2.22. The van der Waals surface area contributed by atoms with Gasteiger partial charge in [0.05, 0.1) is 0 Å². The van der Waals surface area contributed by atoms with Gasteiger partial charge >= 0.3 is 0 Å². The highest BCUT2D eigenvalue weighted by molar-refractivity contribution is 5.59. The molecule has 1 fully saturated rings. The van der Waals surface area contributed by atoms with Crippen LogP contribution >= 0.6 is 0 Å². The number of nitrogens with zero attached hydrogens (tertiary/aromatic N) is 3. The summed E-state index contributed by atoms with van der Waals surface area (Å²) in [6, 6.07) is 8.84. The molecule has 122 valence electrons. The molecule has 1 aliphatic heterocycles. The predicted octanol–water partition coefficient (Wildman–Crippen LogP) is 4.44. The van der Waals surface area contributed by atoms with E-state index in [9.17, 15) is 4.39 Å². The summed E-state index contributed by atoms with van der Waals surface area (Å²) in [6.07, 6.45) is 4.85. The van der Waals surface area contributed by atoms with Gasteiger partial charge in [0, 0.05) is 24.3 Å². The van der Waals surface area contributed by atoms with E-state index in [4.69, 9.17) is 0 Å². The van der Waals surface area contributed by atoms with Crippen LogP contribution in [0, 0.1) is 12.7 Å². The van der Waals surface area contributed by atoms with Crippen molar-refractivity contribution in [1.82, 2.24) is 9.97 Å². The van der Waals surface area contributed by atoms with Gasteiger partial charge in [0.1, 0.15) is 23.3 Å². The number of anilines is 3. The lowest BCUT2D eigenvalue weighted by molar-refractivity contribution is 0.446. The van der Waals surface area contributed by atoms with Crippen molar-refractivity contribution in [2.24, 2.45) is 0 Å². The number of nitrogens with one attached hydrogen (secondary N) is 1. The topological polar surface area (TPSA) is 41.0 Å². The van der Waals surface area contributed by atoms with E-state index < -0.39 is 0 Å². The van der Waals surface area contributed by atoms with E-state index in [0.29, 0.717) is 6.04 Å². The zero-order valence-electron chi connectivity index (χ0n) is 13.7. The van der Waals surface area contributed by atoms with Crippen molar-refractivity contribution in [3.63, 3.8) is 0 Å². The van der Waals surface area contributed by atoms with Gasteiger partial charge in [-0.1, -0.05) is 6.92 Å². The lowest BCUT2D eigenvalue weighted by atomic mass is 10.00. The molecular weight excluding hydrogens is 291 g/mol. The predicted molar refractivity (Wildman–Crippen MR) is 91.7 cm³/mol. The van der Waals surface area contributed by atoms with E-state index in [0.717, 1.165) is 36.1 Å². The van der Waals surface area contributed by atoms with E-state index in [-0.39, 0.29) is 5.82 Å². The summed E-state index contributed by atoms with van der Waals surface area (Å²) in [7, 11) is 0. The van der Waals surface area contributed by atoms with Crippen molar-refractivity contribution < 1.29 is 4.39 Å². The summed E-state index contributed by atoms with van der Waals surface area (Å²) in [5, 5.41) is 3.24. The highest BCUT2D eigenvalue weighted by Crippen LogP contribution is 2.27. The molecule has 1 unspecified atom stereocenters. The van der Waals surface area contributed by atoms with Crippen molar-refractivity contribution in [1.29, 1.82) is 0 Å². The maximum absolute atomic E-state index is 13.0. The number of halogens is 1. The summed E-state index contributed by atoms with van der Waals surface area (Å²) in [4.78, 5) is 11.5. The third-order valence-corrected chi connectivity index (χ3v) is 4.33. The van der Waals surface area contributed by atoms with Crippen LogP contribution in [0.3, 0.4) is 0 Å². The van der Waals surface area contributed by atoms with Gasteiger partial charge in [-0.3, -0.25) is 0 Å². The number of hydrogen-bond acceptors (Lipinski definition) is 4. The van der Waals surface area contributed by atoms with Crippen LogP contribution in [-0.2, 0) is 0 Å². The molecule has 3 rings (SSSR count). The fourth-order valence-electron chi connectivity index (χ4n) is 3.17. The number of aromatic nitrogens is 2. The lowest BCUT2D eigenvalue weighted by Gasteiger charge is -2.36. The van der Waals surface area contributed by atoms with Gasteiger partial charge in [-0.15, -0.1) is 0 Å². The number of benzene rings is 1. The zero-order chi connectivity index (χ0) is 16.2. The van der Waals surface area contributed by atoms with Crippen LogP contribution in [0.1, 0.15) is 38.4 Å². The van der Waals surface area contributed by atoms with Gasteiger partial charge < -0.3 is 10.2 Å². The Morgan fingerprint density at radius 2 is 2.00 bits per heavy atom. The van der Waals surface area contributed by atoms with Crippen molar-refractivity contribution in [3.05, 3.63) is 42.0 Å². The Bertz CT molecular complexity index is 657. The monoisotopic (exact) mass is 314 g/mol. The molecule has 4 nitrogen and oxygen atoms in total. The molecule has 5 heteroatoms. The molecule has 0 bridgehead atoms. The molecule has 1 atom stereocenters. The molecule has 0 saturated carbocycles. The Hall–Kier alpha value is -2.17. The Labute approximate surface area is 136 Å². The molecular formula is C18H23FN4. The summed E-state index contributed by atoms with van der Waals surface area (Å²) >= 11 is 0. The summed E-state index contributed by atoms with van der Waals surface area (Å²) in [5.74, 6) is 2.23. The average Bonchev–Trinajstić information content (AvgIpc) is 2.56. The van der Waals surface area contributed by atoms with Crippen LogP contribution in [0.2, 0.25) is 0 Å². The third-order valence-electron chi connectivity index (χ3n) is 4.33. The van der Waals surface area contributed by atoms with Crippen molar-refractivity contribution in [3.8, 4) is 0 Å². The average molecular weight is 314 g/mol. The molecule has 2 heterocycles. The van der Waals surface area contributed by atoms with Gasteiger partial charge in [-0.25, -0.2) is 14.4 Å². The summed E-state index contributed by atoms with van der Waals surface area (Å²) in [6.45, 7) is 5.18. The molecule has 1 saturated heterocycles. The minimum Gasteiger partial charge on any atom is -0.353 e. The van der Waals surface area contributed by atoms with E-state index in [1.807, 2.05) is 13.0 Å². The van der Waals surface area contributed by atoms with Crippen LogP contribution in [0.5, 0.6) is 0 Å². The van der Waals surface area contributed by atoms with Gasteiger partial charge in [-0.2, -0.15) is 0 Å². The molecule has 1 N–H and O–H groups in total. The number of aryl methyl sites for hydroxylation is 1. The first-order chi connectivity index (χ1) is 11.2. The quantitative estimate of drug-likeness (QED) is 0.906. The van der Waals surface area contributed by atoms with Crippen LogP contribution in [0.15, 0.2) is 30.3 Å².